The minimum Gasteiger partial charge on any atom is -0.371 e. The highest BCUT2D eigenvalue weighted by Gasteiger charge is 2.14. The summed E-state index contributed by atoms with van der Waals surface area (Å²) in [6.45, 7) is 8.88. The molecule has 1 aromatic heterocycles. The topological polar surface area (TPSA) is 28.2 Å². The van der Waals surface area contributed by atoms with Gasteiger partial charge in [-0.3, -0.25) is 4.98 Å². The van der Waals surface area contributed by atoms with E-state index < -0.39 is 0 Å². The molecule has 0 spiro atoms. The Bertz CT molecular complexity index is 378. The van der Waals surface area contributed by atoms with E-state index in [-0.39, 0.29) is 0 Å². The van der Waals surface area contributed by atoms with Gasteiger partial charge in [-0.1, -0.05) is 13.8 Å². The Morgan fingerprint density at radius 3 is 3.11 bits per heavy atom. The zero-order valence-electron chi connectivity index (χ0n) is 12.4. The number of hydrogen-bond acceptors (Lipinski definition) is 3. The van der Waals surface area contributed by atoms with E-state index in [1.165, 1.54) is 44.5 Å². The van der Waals surface area contributed by atoms with E-state index in [9.17, 15) is 0 Å². The van der Waals surface area contributed by atoms with Gasteiger partial charge in [0.25, 0.3) is 0 Å². The zero-order valence-corrected chi connectivity index (χ0v) is 12.4. The van der Waals surface area contributed by atoms with Crippen LogP contribution in [0.3, 0.4) is 0 Å². The van der Waals surface area contributed by atoms with Crippen LogP contribution in [0, 0.1) is 5.92 Å². The molecule has 1 unspecified atom stereocenters. The molecule has 3 nitrogen and oxygen atoms in total. The number of anilines is 1. The lowest BCUT2D eigenvalue weighted by Gasteiger charge is -2.23. The van der Waals surface area contributed by atoms with Gasteiger partial charge in [-0.05, 0) is 50.3 Å². The van der Waals surface area contributed by atoms with Gasteiger partial charge in [0, 0.05) is 31.5 Å². The van der Waals surface area contributed by atoms with Crippen molar-refractivity contribution in [2.45, 2.75) is 46.1 Å². The molecule has 106 valence electrons. The van der Waals surface area contributed by atoms with Crippen LogP contribution in [0.15, 0.2) is 18.3 Å². The van der Waals surface area contributed by atoms with Crippen LogP contribution in [0.4, 0.5) is 5.69 Å². The summed E-state index contributed by atoms with van der Waals surface area (Å²) in [6.07, 6.45) is 7.11. The predicted octanol–water partition coefficient (Wildman–Crippen LogP) is 3.21. The van der Waals surface area contributed by atoms with Crippen molar-refractivity contribution >= 4 is 5.69 Å². The molecular weight excluding hydrogens is 234 g/mol. The summed E-state index contributed by atoms with van der Waals surface area (Å²) < 4.78 is 0. The summed E-state index contributed by atoms with van der Waals surface area (Å²) in [5.41, 5.74) is 2.50. The molecule has 3 heteroatoms. The number of rotatable bonds is 5. The highest BCUT2D eigenvalue weighted by molar-refractivity contribution is 5.46. The lowest BCUT2D eigenvalue weighted by Crippen LogP contribution is -2.24. The average Bonchev–Trinajstić information content (AvgIpc) is 2.64. The van der Waals surface area contributed by atoms with Crippen LogP contribution in [0.2, 0.25) is 0 Å². The van der Waals surface area contributed by atoms with Crippen molar-refractivity contribution in [2.75, 3.05) is 24.5 Å². The van der Waals surface area contributed by atoms with Crippen molar-refractivity contribution < 1.29 is 0 Å². The number of nitrogens with zero attached hydrogens (tertiary/aromatic N) is 2. The molecule has 1 aliphatic heterocycles. The third kappa shape index (κ3) is 4.50. The van der Waals surface area contributed by atoms with Crippen LogP contribution in [0.5, 0.6) is 0 Å². The first-order valence-electron chi connectivity index (χ1n) is 7.70. The van der Waals surface area contributed by atoms with Crippen molar-refractivity contribution in [2.24, 2.45) is 5.92 Å². The van der Waals surface area contributed by atoms with E-state index in [1.54, 1.807) is 0 Å². The quantitative estimate of drug-likeness (QED) is 0.825. The van der Waals surface area contributed by atoms with Gasteiger partial charge in [0.05, 0.1) is 5.69 Å². The number of hydrogen-bond donors (Lipinski definition) is 1. The molecule has 1 aliphatic rings. The second kappa shape index (κ2) is 7.49. The maximum Gasteiger partial charge on any atom is 0.0562 e. The first kappa shape index (κ1) is 14.3. The lowest BCUT2D eigenvalue weighted by molar-refractivity contribution is 0.521. The Hall–Kier alpha value is -1.09. The fourth-order valence-corrected chi connectivity index (χ4v) is 2.67. The van der Waals surface area contributed by atoms with Crippen LogP contribution < -0.4 is 10.2 Å². The van der Waals surface area contributed by atoms with Gasteiger partial charge in [0.15, 0.2) is 0 Å². The first-order valence-corrected chi connectivity index (χ1v) is 7.70. The molecule has 1 saturated heterocycles. The summed E-state index contributed by atoms with van der Waals surface area (Å²) in [5, 5.41) is 3.42. The van der Waals surface area contributed by atoms with Crippen molar-refractivity contribution in [3.8, 4) is 0 Å². The minimum atomic E-state index is 0.873. The molecule has 0 aliphatic carbocycles. The molecule has 1 fully saturated rings. The molecule has 2 rings (SSSR count). The zero-order chi connectivity index (χ0) is 13.5. The van der Waals surface area contributed by atoms with Gasteiger partial charge >= 0.3 is 0 Å². The maximum atomic E-state index is 4.46. The van der Waals surface area contributed by atoms with E-state index in [2.05, 4.69) is 41.2 Å². The molecule has 0 aromatic carbocycles. The standard InChI is InChI=1S/C16H27N3/c1-3-8-17-13-15-12-16(6-9-18-15)19-10-4-5-14(2)7-11-19/h6,9,12,14,17H,3-5,7-8,10-11,13H2,1-2H3. The van der Waals surface area contributed by atoms with Gasteiger partial charge in [-0.25, -0.2) is 0 Å². The Labute approximate surface area is 117 Å². The van der Waals surface area contributed by atoms with Crippen molar-refractivity contribution in [1.29, 1.82) is 0 Å². The Morgan fingerprint density at radius 1 is 1.37 bits per heavy atom. The summed E-state index contributed by atoms with van der Waals surface area (Å²) in [4.78, 5) is 6.98. The number of nitrogens with one attached hydrogen (secondary N) is 1. The SMILES string of the molecule is CCCNCc1cc(N2CCCC(C)CC2)ccn1. The smallest absolute Gasteiger partial charge is 0.0562 e. The van der Waals surface area contributed by atoms with Crippen LogP contribution in [0.25, 0.3) is 0 Å². The molecule has 1 atom stereocenters. The van der Waals surface area contributed by atoms with Gasteiger partial charge < -0.3 is 10.2 Å². The van der Waals surface area contributed by atoms with Crippen LogP contribution in [0.1, 0.15) is 45.2 Å². The fraction of sp³-hybridized carbons (Fsp3) is 0.688. The summed E-state index contributed by atoms with van der Waals surface area (Å²) in [6, 6.07) is 4.40. The minimum absolute atomic E-state index is 0.873. The van der Waals surface area contributed by atoms with E-state index in [0.717, 1.165) is 24.7 Å². The summed E-state index contributed by atoms with van der Waals surface area (Å²) in [7, 11) is 0. The normalized spacial score (nSPS) is 20.3. The second-order valence-electron chi connectivity index (χ2n) is 5.71. The highest BCUT2D eigenvalue weighted by Crippen LogP contribution is 2.22. The van der Waals surface area contributed by atoms with Gasteiger partial charge in [-0.15, -0.1) is 0 Å². The largest absolute Gasteiger partial charge is 0.371 e. The lowest BCUT2D eigenvalue weighted by atomic mass is 10.0. The van der Waals surface area contributed by atoms with Gasteiger partial charge in [0.2, 0.25) is 0 Å². The predicted molar refractivity (Wildman–Crippen MR) is 81.5 cm³/mol. The van der Waals surface area contributed by atoms with Crippen molar-refractivity contribution in [1.82, 2.24) is 10.3 Å². The summed E-state index contributed by atoms with van der Waals surface area (Å²) >= 11 is 0. The third-order valence-electron chi connectivity index (χ3n) is 3.91. The fourth-order valence-electron chi connectivity index (χ4n) is 2.67. The van der Waals surface area contributed by atoms with Gasteiger partial charge in [-0.2, -0.15) is 0 Å². The second-order valence-corrected chi connectivity index (χ2v) is 5.71. The van der Waals surface area contributed by atoms with Crippen LogP contribution >= 0.6 is 0 Å². The number of aromatic nitrogens is 1. The molecule has 1 N–H and O–H groups in total. The molecule has 0 saturated carbocycles. The molecular formula is C16H27N3. The molecule has 0 amide bonds. The Balaban J connectivity index is 1.97. The molecule has 19 heavy (non-hydrogen) atoms. The first-order chi connectivity index (χ1) is 9.29. The molecule has 0 radical (unpaired) electrons. The number of pyridine rings is 1. The summed E-state index contributed by atoms with van der Waals surface area (Å²) in [5.74, 6) is 0.873. The van der Waals surface area contributed by atoms with Gasteiger partial charge in [0.1, 0.15) is 0 Å². The van der Waals surface area contributed by atoms with E-state index in [1.807, 2.05) is 6.20 Å². The Morgan fingerprint density at radius 2 is 2.26 bits per heavy atom. The van der Waals surface area contributed by atoms with Crippen molar-refractivity contribution in [3.63, 3.8) is 0 Å². The average molecular weight is 261 g/mol. The third-order valence-corrected chi connectivity index (χ3v) is 3.91. The van der Waals surface area contributed by atoms with E-state index in [4.69, 9.17) is 0 Å². The monoisotopic (exact) mass is 261 g/mol. The van der Waals surface area contributed by atoms with E-state index >= 15 is 0 Å². The molecule has 1 aromatic rings. The van der Waals surface area contributed by atoms with E-state index in [0.29, 0.717) is 0 Å². The van der Waals surface area contributed by atoms with Crippen LogP contribution in [-0.4, -0.2) is 24.6 Å². The molecule has 0 bridgehead atoms. The molecule has 2 heterocycles. The maximum absolute atomic E-state index is 4.46. The van der Waals surface area contributed by atoms with Crippen molar-refractivity contribution in [3.05, 3.63) is 24.0 Å². The highest BCUT2D eigenvalue weighted by atomic mass is 15.1. The Kier molecular flexibility index (Phi) is 5.64. The van der Waals surface area contributed by atoms with Crippen LogP contribution in [-0.2, 0) is 6.54 Å².